The Morgan fingerprint density at radius 3 is 2.60 bits per heavy atom. The first-order valence-electron chi connectivity index (χ1n) is 10.1. The summed E-state index contributed by atoms with van der Waals surface area (Å²) in [4.78, 5) is -0.105. The van der Waals surface area contributed by atoms with Crippen LogP contribution in [0.5, 0.6) is 0 Å². The van der Waals surface area contributed by atoms with Crippen LogP contribution < -0.4 is 0 Å². The van der Waals surface area contributed by atoms with Gasteiger partial charge >= 0.3 is 0 Å². The molecule has 4 rings (SSSR count). The Balaban J connectivity index is 1.93. The topological polar surface area (TPSA) is 115 Å². The first kappa shape index (κ1) is 21.4. The molecule has 2 aliphatic heterocycles. The minimum Gasteiger partial charge on any atom is -0.748 e. The highest BCUT2D eigenvalue weighted by Gasteiger charge is 2.50. The fourth-order valence-corrected chi connectivity index (χ4v) is 6.42. The third-order valence-electron chi connectivity index (χ3n) is 6.63. The lowest BCUT2D eigenvalue weighted by Gasteiger charge is -2.25. The standard InChI is InChI=1S/C21H25NO6S2/c1-14-21(2,10-3-4-12-29(23,24)25)19-18-15(7-5-9-17(18)30(26,27)28)13-16-8-6-11-22(14)20(16)19/h5,7,9,13H,3-4,6,8,10-12H2,1-2H3,(H-,23,24,25,26,27,28). The lowest BCUT2D eigenvalue weighted by Crippen LogP contribution is -2.31. The van der Waals surface area contributed by atoms with Crippen molar-refractivity contribution in [2.45, 2.75) is 56.3 Å². The van der Waals surface area contributed by atoms with Crippen LogP contribution in [0.1, 0.15) is 50.7 Å². The second-order valence-corrected chi connectivity index (χ2v) is 11.4. The summed E-state index contributed by atoms with van der Waals surface area (Å²) < 4.78 is 69.5. The lowest BCUT2D eigenvalue weighted by atomic mass is 9.73. The number of hydrogen-bond acceptors (Lipinski definition) is 5. The van der Waals surface area contributed by atoms with Gasteiger partial charge in [0.25, 0.3) is 10.1 Å². The molecule has 0 fully saturated rings. The molecule has 7 nitrogen and oxygen atoms in total. The number of rotatable bonds is 6. The van der Waals surface area contributed by atoms with Gasteiger partial charge in [0, 0.05) is 35.6 Å². The number of hydrogen-bond donors (Lipinski definition) is 1. The van der Waals surface area contributed by atoms with Gasteiger partial charge in [0.1, 0.15) is 11.4 Å². The van der Waals surface area contributed by atoms with Gasteiger partial charge < -0.3 is 4.55 Å². The molecule has 0 amide bonds. The largest absolute Gasteiger partial charge is 0.748 e. The molecule has 0 bridgehead atoms. The molecule has 0 aliphatic carbocycles. The molecule has 2 heterocycles. The molecule has 0 saturated carbocycles. The molecule has 1 N–H and O–H groups in total. The summed E-state index contributed by atoms with van der Waals surface area (Å²) in [5, 5.41) is 1.30. The van der Waals surface area contributed by atoms with Gasteiger partial charge in [0.05, 0.1) is 15.5 Å². The molecule has 2 aliphatic rings. The normalized spacial score (nSPS) is 21.3. The van der Waals surface area contributed by atoms with E-state index in [1.807, 2.05) is 26.0 Å². The molecule has 0 spiro atoms. The van der Waals surface area contributed by atoms with E-state index in [2.05, 4.69) is 4.58 Å². The maximum atomic E-state index is 12.2. The third kappa shape index (κ3) is 3.47. The Kier molecular flexibility index (Phi) is 5.08. The Hall–Kier alpha value is -1.81. The zero-order valence-corrected chi connectivity index (χ0v) is 18.6. The molecular formula is C21H25NO6S2. The Morgan fingerprint density at radius 1 is 1.20 bits per heavy atom. The Labute approximate surface area is 176 Å². The van der Waals surface area contributed by atoms with Crippen molar-refractivity contribution in [1.29, 1.82) is 0 Å². The molecule has 2 aromatic rings. The van der Waals surface area contributed by atoms with Crippen molar-refractivity contribution in [1.82, 2.24) is 0 Å². The van der Waals surface area contributed by atoms with Crippen LogP contribution in [0.4, 0.5) is 5.69 Å². The molecule has 0 radical (unpaired) electrons. The van der Waals surface area contributed by atoms with Gasteiger partial charge in [-0.2, -0.15) is 13.0 Å². The third-order valence-corrected chi connectivity index (χ3v) is 8.32. The van der Waals surface area contributed by atoms with Crippen LogP contribution in [-0.2, 0) is 32.1 Å². The summed E-state index contributed by atoms with van der Waals surface area (Å²) in [7, 11) is -8.70. The zero-order valence-electron chi connectivity index (χ0n) is 17.0. The minimum absolute atomic E-state index is 0.105. The predicted molar refractivity (Wildman–Crippen MR) is 113 cm³/mol. The van der Waals surface area contributed by atoms with E-state index in [1.165, 1.54) is 6.07 Å². The Bertz CT molecular complexity index is 1290. The molecule has 0 aromatic heterocycles. The van der Waals surface area contributed by atoms with E-state index in [4.69, 9.17) is 0 Å². The maximum absolute atomic E-state index is 12.2. The van der Waals surface area contributed by atoms with Crippen LogP contribution in [0, 0.1) is 0 Å². The monoisotopic (exact) mass is 451 g/mol. The van der Waals surface area contributed by atoms with Crippen molar-refractivity contribution in [3.05, 3.63) is 35.4 Å². The Morgan fingerprint density at radius 2 is 1.93 bits per heavy atom. The molecule has 1 atom stereocenters. The van der Waals surface area contributed by atoms with Crippen molar-refractivity contribution in [2.75, 3.05) is 12.3 Å². The molecule has 162 valence electrons. The van der Waals surface area contributed by atoms with Crippen molar-refractivity contribution < 1.29 is 30.5 Å². The molecule has 0 saturated heterocycles. The highest BCUT2D eigenvalue weighted by Crippen LogP contribution is 2.51. The van der Waals surface area contributed by atoms with E-state index in [1.54, 1.807) is 6.07 Å². The van der Waals surface area contributed by atoms with Gasteiger partial charge in [-0.15, -0.1) is 0 Å². The van der Waals surface area contributed by atoms with Crippen LogP contribution >= 0.6 is 0 Å². The second-order valence-electron chi connectivity index (χ2n) is 8.48. The van der Waals surface area contributed by atoms with Gasteiger partial charge in [-0.05, 0) is 43.7 Å². The van der Waals surface area contributed by atoms with Gasteiger partial charge in [0.2, 0.25) is 5.69 Å². The molecule has 2 aromatic carbocycles. The van der Waals surface area contributed by atoms with Gasteiger partial charge in [-0.3, -0.25) is 4.55 Å². The highest BCUT2D eigenvalue weighted by atomic mass is 32.2. The van der Waals surface area contributed by atoms with E-state index < -0.39 is 31.4 Å². The average Bonchev–Trinajstić information content (AvgIpc) is 2.87. The summed E-state index contributed by atoms with van der Waals surface area (Å²) in [5.74, 6) is -0.407. The van der Waals surface area contributed by atoms with Crippen molar-refractivity contribution in [3.8, 4) is 0 Å². The zero-order chi connectivity index (χ0) is 21.9. The minimum atomic E-state index is -4.43. The summed E-state index contributed by atoms with van der Waals surface area (Å²) in [6.45, 7) is 4.90. The van der Waals surface area contributed by atoms with E-state index in [9.17, 15) is 25.9 Å². The maximum Gasteiger partial charge on any atom is 0.295 e. The van der Waals surface area contributed by atoms with Crippen LogP contribution in [0.15, 0.2) is 29.2 Å². The quantitative estimate of drug-likeness (QED) is 0.410. The van der Waals surface area contributed by atoms with Gasteiger partial charge in [-0.1, -0.05) is 18.6 Å². The van der Waals surface area contributed by atoms with Crippen molar-refractivity contribution >= 4 is 42.4 Å². The average molecular weight is 452 g/mol. The van der Waals surface area contributed by atoms with E-state index in [0.717, 1.165) is 47.3 Å². The fraction of sp³-hybridized carbons (Fsp3) is 0.476. The first-order chi connectivity index (χ1) is 13.9. The SMILES string of the molecule is CC1=[N+]2CCCc3cc4cccc(S(=O)(=O)O)c4c(c32)C1(C)CCCCS(=O)(=O)[O-]. The highest BCUT2D eigenvalue weighted by molar-refractivity contribution is 7.86. The number of benzene rings is 2. The first-order valence-corrected chi connectivity index (χ1v) is 13.1. The van der Waals surface area contributed by atoms with Crippen LogP contribution in [0.3, 0.4) is 0 Å². The molecule has 1 unspecified atom stereocenters. The van der Waals surface area contributed by atoms with Gasteiger partial charge in [0.15, 0.2) is 5.71 Å². The molecular weight excluding hydrogens is 426 g/mol. The summed E-state index contributed by atoms with van der Waals surface area (Å²) in [6, 6.07) is 6.93. The van der Waals surface area contributed by atoms with E-state index in [0.29, 0.717) is 18.2 Å². The fourth-order valence-electron chi connectivity index (χ4n) is 5.14. The van der Waals surface area contributed by atoms with E-state index >= 15 is 0 Å². The van der Waals surface area contributed by atoms with Crippen LogP contribution in [0.2, 0.25) is 0 Å². The summed E-state index contributed by atoms with van der Waals surface area (Å²) >= 11 is 0. The van der Waals surface area contributed by atoms with Crippen molar-refractivity contribution in [3.63, 3.8) is 0 Å². The van der Waals surface area contributed by atoms with Crippen LogP contribution in [-0.4, -0.2) is 48.5 Å². The lowest BCUT2D eigenvalue weighted by molar-refractivity contribution is -0.444. The summed E-state index contributed by atoms with van der Waals surface area (Å²) in [6.07, 6.45) is 3.23. The number of fused-ring (bicyclic) bond motifs is 2. The van der Waals surface area contributed by atoms with Crippen molar-refractivity contribution in [2.24, 2.45) is 0 Å². The smallest absolute Gasteiger partial charge is 0.295 e. The number of unbranched alkanes of at least 4 members (excludes halogenated alkanes) is 1. The van der Waals surface area contributed by atoms with Gasteiger partial charge in [-0.25, -0.2) is 8.42 Å². The molecule has 30 heavy (non-hydrogen) atoms. The predicted octanol–water partition coefficient (Wildman–Crippen LogP) is 3.12. The number of nitrogens with zero attached hydrogens (tertiary/aromatic N) is 1. The second kappa shape index (κ2) is 7.12. The van der Waals surface area contributed by atoms with Crippen LogP contribution in [0.25, 0.3) is 10.8 Å². The van der Waals surface area contributed by atoms with E-state index in [-0.39, 0.29) is 11.3 Å². The number of aryl methyl sites for hydroxylation is 1. The summed E-state index contributed by atoms with van der Waals surface area (Å²) in [5.41, 5.74) is 3.61. The molecule has 9 heteroatoms.